The van der Waals surface area contributed by atoms with E-state index >= 15 is 0 Å². The number of carbonyl (C=O) groups excluding carboxylic acids is 2. The largest absolute Gasteiger partial charge is 0.508 e. The van der Waals surface area contributed by atoms with E-state index in [1.807, 2.05) is 30.3 Å². The van der Waals surface area contributed by atoms with Crippen molar-refractivity contribution in [2.24, 2.45) is 5.50 Å². The molecule has 234 valence electrons. The maximum Gasteiger partial charge on any atom is 0.508 e. The van der Waals surface area contributed by atoms with E-state index in [2.05, 4.69) is 38.5 Å². The van der Waals surface area contributed by atoms with E-state index in [9.17, 15) is 14.5 Å². The van der Waals surface area contributed by atoms with E-state index in [4.69, 9.17) is 24.2 Å². The molecule has 1 unspecified atom stereocenters. The number of hydrogen-bond donors (Lipinski definition) is 3. The molecule has 4 atom stereocenters. The van der Waals surface area contributed by atoms with Gasteiger partial charge in [0.25, 0.3) is 5.91 Å². The van der Waals surface area contributed by atoms with Gasteiger partial charge in [-0.15, -0.1) is 0 Å². The second-order valence-corrected chi connectivity index (χ2v) is 11.6. The Morgan fingerprint density at radius 2 is 1.80 bits per heavy atom. The van der Waals surface area contributed by atoms with Crippen LogP contribution in [-0.2, 0) is 31.8 Å². The highest BCUT2D eigenvalue weighted by Gasteiger charge is 2.40. The summed E-state index contributed by atoms with van der Waals surface area (Å²) in [5, 5.41) is 2.77. The van der Waals surface area contributed by atoms with Gasteiger partial charge in [-0.3, -0.25) is 14.9 Å². The number of amides is 1. The van der Waals surface area contributed by atoms with Gasteiger partial charge in [0.05, 0.1) is 12.4 Å². The minimum Gasteiger partial charge on any atom is -0.431 e. The molecule has 5 aromatic rings. The van der Waals surface area contributed by atoms with Gasteiger partial charge < -0.3 is 28.9 Å². The first-order valence-corrected chi connectivity index (χ1v) is 15.8. The van der Waals surface area contributed by atoms with Gasteiger partial charge in [0.1, 0.15) is 31.9 Å². The van der Waals surface area contributed by atoms with Gasteiger partial charge in [-0.25, -0.2) is 19.7 Å². The molecule has 2 aliphatic rings. The molecule has 2 aromatic heterocycles. The van der Waals surface area contributed by atoms with Crippen LogP contribution in [0, 0.1) is 0 Å². The average molecular weight is 641 g/mol. The van der Waals surface area contributed by atoms with Crippen LogP contribution in [0.1, 0.15) is 39.7 Å². The summed E-state index contributed by atoms with van der Waals surface area (Å²) in [5.74, 6) is -0.106. The fraction of sp³-hybridized carbons (Fsp3) is 0.219. The molecular formula is C32H29N6O7P. The lowest BCUT2D eigenvalue weighted by atomic mass is 10.0. The number of benzene rings is 3. The van der Waals surface area contributed by atoms with Gasteiger partial charge in [-0.1, -0.05) is 60.7 Å². The summed E-state index contributed by atoms with van der Waals surface area (Å²) in [4.78, 5) is 48.2. The molecule has 7 rings (SSSR count). The quantitative estimate of drug-likeness (QED) is 0.146. The third-order valence-electron chi connectivity index (χ3n) is 8.02. The molecule has 46 heavy (non-hydrogen) atoms. The molecule has 1 saturated heterocycles. The highest BCUT2D eigenvalue weighted by atomic mass is 31.2. The first-order valence-electron chi connectivity index (χ1n) is 14.5. The number of fused-ring (bicyclic) bond motifs is 4. The van der Waals surface area contributed by atoms with Crippen LogP contribution < -0.4 is 10.8 Å². The molecular weight excluding hydrogens is 611 g/mol. The number of nitrogens with one attached hydrogen (secondary N) is 1. The van der Waals surface area contributed by atoms with E-state index in [0.717, 1.165) is 23.1 Å². The standard InChI is InChI=1S/C32H29N6O7P/c33-46(41)45-25-14-27(38-18-36-28-29(34-17-35-30(28)38)37-31(39)19-7-2-1-3-8-19)44-26(25)16-43-32(40)42-15-21-10-6-12-23-22-11-5-4-9-20(22)13-24(21)23/h1-12,17-18,25-27,41H,13-16,33H2,(H,34,35,37,39)/t25-,26+,27+,46?/m0/s1. The van der Waals surface area contributed by atoms with Crippen molar-refractivity contribution in [3.8, 4) is 11.1 Å². The fourth-order valence-electron chi connectivity index (χ4n) is 5.88. The summed E-state index contributed by atoms with van der Waals surface area (Å²) in [6.07, 6.45) is 0.850. The molecule has 1 aliphatic heterocycles. The molecule has 0 radical (unpaired) electrons. The maximum atomic E-state index is 12.7. The molecule has 3 aromatic carbocycles. The van der Waals surface area contributed by atoms with Crippen molar-refractivity contribution in [2.45, 2.75) is 37.9 Å². The Morgan fingerprint density at radius 1 is 1.00 bits per heavy atom. The third-order valence-corrected chi connectivity index (χ3v) is 8.51. The van der Waals surface area contributed by atoms with Crippen LogP contribution in [0.5, 0.6) is 0 Å². The average Bonchev–Trinajstić information content (AvgIpc) is 3.78. The predicted molar refractivity (Wildman–Crippen MR) is 167 cm³/mol. The SMILES string of the molecule is NP(O)O[C@H]1C[C@H](n2cnc3c(NC(=O)c4ccccc4)ncnc32)O[C@@H]1COC(=O)OCc1cccc2c1Cc1ccccc1-2. The topological polar surface area (TPSA) is 173 Å². The second kappa shape index (κ2) is 12.9. The van der Waals surface area contributed by atoms with E-state index in [1.165, 1.54) is 23.8 Å². The van der Waals surface area contributed by atoms with Crippen molar-refractivity contribution in [3.63, 3.8) is 0 Å². The molecule has 4 N–H and O–H groups in total. The molecule has 0 spiro atoms. The lowest BCUT2D eigenvalue weighted by molar-refractivity contribution is -0.0539. The molecule has 0 saturated carbocycles. The third kappa shape index (κ3) is 6.06. The van der Waals surface area contributed by atoms with Crippen molar-refractivity contribution in [1.82, 2.24) is 19.5 Å². The lowest BCUT2D eigenvalue weighted by Crippen LogP contribution is -2.30. The van der Waals surface area contributed by atoms with Crippen LogP contribution >= 0.6 is 8.53 Å². The van der Waals surface area contributed by atoms with Crippen molar-refractivity contribution in [1.29, 1.82) is 0 Å². The Labute approximate surface area is 264 Å². The highest BCUT2D eigenvalue weighted by Crippen LogP contribution is 2.39. The molecule has 3 heterocycles. The maximum absolute atomic E-state index is 12.7. The van der Waals surface area contributed by atoms with E-state index in [-0.39, 0.29) is 31.4 Å². The van der Waals surface area contributed by atoms with Crippen molar-refractivity contribution in [3.05, 3.63) is 108 Å². The zero-order valence-electron chi connectivity index (χ0n) is 24.4. The van der Waals surface area contributed by atoms with Gasteiger partial charge in [0.15, 0.2) is 17.0 Å². The monoisotopic (exact) mass is 640 g/mol. The number of carbonyl (C=O) groups is 2. The molecule has 1 fully saturated rings. The number of hydrogen-bond acceptors (Lipinski definition) is 11. The Kier molecular flexibility index (Phi) is 8.39. The number of ether oxygens (including phenoxy) is 3. The van der Waals surface area contributed by atoms with Crippen LogP contribution in [0.2, 0.25) is 0 Å². The summed E-state index contributed by atoms with van der Waals surface area (Å²) < 4.78 is 24.3. The van der Waals surface area contributed by atoms with Crippen molar-refractivity contribution < 1.29 is 33.2 Å². The summed E-state index contributed by atoms with van der Waals surface area (Å²) in [6, 6.07) is 22.9. The Balaban J connectivity index is 1.00. The normalized spacial score (nSPS) is 19.0. The van der Waals surface area contributed by atoms with E-state index in [0.29, 0.717) is 16.7 Å². The zero-order chi connectivity index (χ0) is 31.6. The Hall–Kier alpha value is -4.78. The zero-order valence-corrected chi connectivity index (χ0v) is 25.2. The molecule has 13 nitrogen and oxygen atoms in total. The first kappa shape index (κ1) is 29.9. The number of aromatic nitrogens is 4. The van der Waals surface area contributed by atoms with Crippen molar-refractivity contribution in [2.75, 3.05) is 11.9 Å². The molecule has 14 heteroatoms. The first-order chi connectivity index (χ1) is 22.4. The molecule has 1 amide bonds. The number of nitrogens with zero attached hydrogens (tertiary/aromatic N) is 4. The fourth-order valence-corrected chi connectivity index (χ4v) is 6.38. The van der Waals surface area contributed by atoms with Crippen LogP contribution in [0.3, 0.4) is 0 Å². The van der Waals surface area contributed by atoms with E-state index < -0.39 is 33.1 Å². The van der Waals surface area contributed by atoms with Gasteiger partial charge >= 0.3 is 6.16 Å². The minimum absolute atomic E-state index is 0.0543. The molecule has 0 bridgehead atoms. The van der Waals surface area contributed by atoms with Crippen LogP contribution in [-0.4, -0.2) is 55.3 Å². The van der Waals surface area contributed by atoms with Gasteiger partial charge in [-0.2, -0.15) is 0 Å². The van der Waals surface area contributed by atoms with Gasteiger partial charge in [0.2, 0.25) is 8.53 Å². The smallest absolute Gasteiger partial charge is 0.431 e. The van der Waals surface area contributed by atoms with Gasteiger partial charge in [-0.05, 0) is 46.4 Å². The number of imidazole rings is 1. The summed E-state index contributed by atoms with van der Waals surface area (Å²) >= 11 is 0. The Bertz CT molecular complexity index is 1900. The van der Waals surface area contributed by atoms with Crippen molar-refractivity contribution >= 4 is 37.6 Å². The summed E-state index contributed by atoms with van der Waals surface area (Å²) in [5.41, 5.74) is 12.4. The summed E-state index contributed by atoms with van der Waals surface area (Å²) in [6.45, 7) is -0.153. The molecule has 1 aliphatic carbocycles. The summed E-state index contributed by atoms with van der Waals surface area (Å²) in [7, 11) is -2.22. The number of rotatable bonds is 9. The van der Waals surface area contributed by atoms with E-state index in [1.54, 1.807) is 28.8 Å². The number of nitrogens with two attached hydrogens (primary N) is 1. The van der Waals surface area contributed by atoms with Crippen LogP contribution in [0.15, 0.2) is 85.5 Å². The minimum atomic E-state index is -2.22. The van der Waals surface area contributed by atoms with Gasteiger partial charge in [0, 0.05) is 12.0 Å². The van der Waals surface area contributed by atoms with Crippen LogP contribution in [0.4, 0.5) is 10.6 Å². The lowest BCUT2D eigenvalue weighted by Gasteiger charge is -2.19. The number of anilines is 1. The highest BCUT2D eigenvalue weighted by molar-refractivity contribution is 7.43. The second-order valence-electron chi connectivity index (χ2n) is 10.8. The predicted octanol–water partition coefficient (Wildman–Crippen LogP) is 4.85. The van der Waals surface area contributed by atoms with Crippen LogP contribution in [0.25, 0.3) is 22.3 Å². The Morgan fingerprint density at radius 3 is 2.65 bits per heavy atom.